The first kappa shape index (κ1) is 29.4. The summed E-state index contributed by atoms with van der Waals surface area (Å²) in [6.45, 7) is 4.64. The summed E-state index contributed by atoms with van der Waals surface area (Å²) < 4.78 is 62.4. The van der Waals surface area contributed by atoms with Crippen molar-refractivity contribution >= 4 is 43.3 Å². The van der Waals surface area contributed by atoms with Crippen molar-refractivity contribution in [1.29, 1.82) is 0 Å². The molecule has 200 valence electrons. The Labute approximate surface area is 219 Å². The van der Waals surface area contributed by atoms with E-state index in [0.717, 1.165) is 23.6 Å². The maximum absolute atomic E-state index is 15.5. The van der Waals surface area contributed by atoms with Gasteiger partial charge in [-0.05, 0) is 69.3 Å². The average molecular weight is 566 g/mol. The number of fused-ring (bicyclic) bond motifs is 1. The Kier molecular flexibility index (Phi) is 9.88. The Bertz CT molecular complexity index is 1030. The van der Waals surface area contributed by atoms with Gasteiger partial charge in [-0.2, -0.15) is 0 Å². The molecule has 2 aromatic rings. The second-order valence-corrected chi connectivity index (χ2v) is 13.0. The summed E-state index contributed by atoms with van der Waals surface area (Å²) in [7, 11) is -2.23. The van der Waals surface area contributed by atoms with Gasteiger partial charge in [0.1, 0.15) is 18.2 Å². The predicted molar refractivity (Wildman–Crippen MR) is 141 cm³/mol. The van der Waals surface area contributed by atoms with Crippen LogP contribution in [0.2, 0.25) is 0 Å². The largest absolute Gasteiger partial charge is 0.491 e. The molecule has 4 nitrogen and oxygen atoms in total. The summed E-state index contributed by atoms with van der Waals surface area (Å²) in [5.41, 5.74) is -0.124. The number of thioether (sulfide) groups is 2. The van der Waals surface area contributed by atoms with Crippen LogP contribution in [0.3, 0.4) is 0 Å². The molecule has 0 bridgehead atoms. The Balaban J connectivity index is 2.02. The number of hydrogen-bond acceptors (Lipinski definition) is 6. The molecule has 0 saturated carbocycles. The summed E-state index contributed by atoms with van der Waals surface area (Å²) in [4.78, 5) is 22.9. The van der Waals surface area contributed by atoms with E-state index in [1.807, 2.05) is 24.1 Å². The molecule has 2 unspecified atom stereocenters. The Hall–Kier alpha value is -1.19. The summed E-state index contributed by atoms with van der Waals surface area (Å²) in [5, 5.41) is -0.829. The van der Waals surface area contributed by atoms with Crippen LogP contribution in [0.25, 0.3) is 0 Å². The van der Waals surface area contributed by atoms with Gasteiger partial charge in [0, 0.05) is 29.5 Å². The predicted octanol–water partition coefficient (Wildman–Crippen LogP) is 7.98. The lowest BCUT2D eigenvalue weighted by Gasteiger charge is -2.30. The molecule has 1 heterocycles. The van der Waals surface area contributed by atoms with Crippen LogP contribution < -0.4 is 9.64 Å². The van der Waals surface area contributed by atoms with Crippen LogP contribution in [-0.2, 0) is 0 Å². The third-order valence-corrected chi connectivity index (χ3v) is 9.80. The van der Waals surface area contributed by atoms with E-state index in [9.17, 15) is 23.0 Å². The van der Waals surface area contributed by atoms with Gasteiger partial charge in [-0.15, -0.1) is 11.8 Å². The second-order valence-electron chi connectivity index (χ2n) is 9.32. The van der Waals surface area contributed by atoms with Crippen molar-refractivity contribution in [3.8, 4) is 5.75 Å². The Morgan fingerprint density at radius 1 is 1.19 bits per heavy atom. The fraction of sp³-hybridized carbons (Fsp3) is 0.520. The highest BCUT2D eigenvalue weighted by Crippen LogP contribution is 2.49. The van der Waals surface area contributed by atoms with E-state index in [0.29, 0.717) is 28.4 Å². The van der Waals surface area contributed by atoms with Gasteiger partial charge in [0.2, 0.25) is 5.92 Å². The fourth-order valence-electron chi connectivity index (χ4n) is 3.80. The van der Waals surface area contributed by atoms with E-state index in [2.05, 4.69) is 0 Å². The number of anilines is 2. The van der Waals surface area contributed by atoms with Crippen molar-refractivity contribution in [3.63, 3.8) is 0 Å². The van der Waals surface area contributed by atoms with Crippen molar-refractivity contribution in [2.24, 2.45) is 5.92 Å². The zero-order valence-electron chi connectivity index (χ0n) is 20.7. The molecule has 3 rings (SSSR count). The van der Waals surface area contributed by atoms with Crippen molar-refractivity contribution in [2.75, 3.05) is 24.3 Å². The molecule has 1 aliphatic heterocycles. The van der Waals surface area contributed by atoms with Gasteiger partial charge >= 0.3 is 0 Å². The molecule has 0 radical (unpaired) electrons. The first-order chi connectivity index (χ1) is 16.9. The maximum atomic E-state index is 15.5. The second kappa shape index (κ2) is 12.1. The number of rotatable bonds is 10. The zero-order valence-corrected chi connectivity index (χ0v) is 23.2. The van der Waals surface area contributed by atoms with Crippen LogP contribution in [0.5, 0.6) is 5.75 Å². The number of hydrogen-bond donors (Lipinski definition) is 2. The highest BCUT2D eigenvalue weighted by atomic mass is 32.2. The van der Waals surface area contributed by atoms with Crippen molar-refractivity contribution in [1.82, 2.24) is 0 Å². The summed E-state index contributed by atoms with van der Waals surface area (Å²) in [6.07, 6.45) is 1.93. The van der Waals surface area contributed by atoms with Crippen molar-refractivity contribution in [3.05, 3.63) is 42.2 Å². The third-order valence-electron chi connectivity index (χ3n) is 6.44. The van der Waals surface area contributed by atoms with Crippen molar-refractivity contribution < 1.29 is 32.1 Å². The van der Waals surface area contributed by atoms with E-state index in [4.69, 9.17) is 4.74 Å². The molecule has 36 heavy (non-hydrogen) atoms. The molecule has 0 saturated heterocycles. The topological polar surface area (TPSA) is 52.9 Å². The van der Waals surface area contributed by atoms with Gasteiger partial charge in [0.25, 0.3) is 0 Å². The number of ether oxygens (including phenoxy) is 1. The van der Waals surface area contributed by atoms with Gasteiger partial charge in [-0.25, -0.2) is 17.6 Å². The number of nitrogens with zero attached hydrogens (tertiary/aromatic N) is 1. The van der Waals surface area contributed by atoms with E-state index in [1.54, 1.807) is 25.1 Å². The molecule has 0 amide bonds. The van der Waals surface area contributed by atoms with Gasteiger partial charge < -0.3 is 19.4 Å². The third kappa shape index (κ3) is 7.22. The molecule has 0 aromatic heterocycles. The normalized spacial score (nSPS) is 20.1. The quantitative estimate of drug-likeness (QED) is 0.173. The lowest BCUT2D eigenvalue weighted by molar-refractivity contribution is 0.00550. The van der Waals surface area contributed by atoms with Crippen LogP contribution in [0.15, 0.2) is 46.2 Å². The van der Waals surface area contributed by atoms with Crippen molar-refractivity contribution in [2.45, 2.75) is 66.4 Å². The van der Waals surface area contributed by atoms with Crippen LogP contribution in [0, 0.1) is 11.7 Å². The SMILES string of the molecule is CC[C@](C)(COc1cc2c(cc1SC)N(c1ccc(F)cc1)CC(CCC(C)(F)F)C(F)S2)P(O)O. The molecular formula is C25H32F4NO3PS2. The molecule has 0 aliphatic carbocycles. The summed E-state index contributed by atoms with van der Waals surface area (Å²) in [5.74, 6) is -3.51. The number of benzene rings is 2. The maximum Gasteiger partial charge on any atom is 0.245 e. The van der Waals surface area contributed by atoms with Gasteiger partial charge in [0.15, 0.2) is 13.9 Å². The molecule has 1 aliphatic rings. The molecule has 2 N–H and O–H groups in total. The molecule has 2 aromatic carbocycles. The highest BCUT2D eigenvalue weighted by Gasteiger charge is 2.36. The lowest BCUT2D eigenvalue weighted by atomic mass is 10.0. The molecule has 0 fully saturated rings. The smallest absolute Gasteiger partial charge is 0.245 e. The minimum atomic E-state index is -2.90. The van der Waals surface area contributed by atoms with E-state index in [-0.39, 0.29) is 19.6 Å². The molecule has 0 spiro atoms. The van der Waals surface area contributed by atoms with Crippen LogP contribution >= 0.6 is 31.9 Å². The van der Waals surface area contributed by atoms with Crippen LogP contribution in [0.1, 0.15) is 40.0 Å². The molecule has 3 atom stereocenters. The van der Waals surface area contributed by atoms with Crippen LogP contribution in [-0.4, -0.2) is 45.8 Å². The summed E-state index contributed by atoms with van der Waals surface area (Å²) in [6, 6.07) is 9.40. The number of halogens is 4. The van der Waals surface area contributed by atoms with Gasteiger partial charge in [-0.1, -0.05) is 18.7 Å². The highest BCUT2D eigenvalue weighted by molar-refractivity contribution is 8.00. The summed E-state index contributed by atoms with van der Waals surface area (Å²) >= 11 is 2.38. The minimum Gasteiger partial charge on any atom is -0.491 e. The average Bonchev–Trinajstić information content (AvgIpc) is 2.95. The fourth-order valence-corrected chi connectivity index (χ4v) is 5.94. The van der Waals surface area contributed by atoms with Gasteiger partial charge in [0.05, 0.1) is 15.7 Å². The van der Waals surface area contributed by atoms with E-state index >= 15 is 4.39 Å². The zero-order chi connectivity index (χ0) is 26.7. The Morgan fingerprint density at radius 2 is 1.86 bits per heavy atom. The van der Waals surface area contributed by atoms with E-state index in [1.165, 1.54) is 23.9 Å². The van der Waals surface area contributed by atoms with E-state index < -0.39 is 43.1 Å². The van der Waals surface area contributed by atoms with Crippen LogP contribution in [0.4, 0.5) is 28.9 Å². The molecule has 11 heteroatoms. The van der Waals surface area contributed by atoms with Gasteiger partial charge in [-0.3, -0.25) is 0 Å². The first-order valence-corrected chi connectivity index (χ1v) is 15.0. The standard InChI is InChI=1S/C25H32F4NO3PS2/c1-5-24(2,34(31)32)15-33-20-13-21-19(12-22(20)35-4)30(18-8-6-17(26)7-9-18)14-16(23(27)36-21)10-11-25(3,28)29/h6-9,12-13,16,23,31-32H,5,10-11,14-15H2,1-4H3/t16?,23?,24-/m1/s1. The minimum absolute atomic E-state index is 0.00645. The lowest BCUT2D eigenvalue weighted by Crippen LogP contribution is -2.30. The monoisotopic (exact) mass is 565 g/mol. The number of alkyl halides is 3. The first-order valence-electron chi connectivity index (χ1n) is 11.6. The Morgan fingerprint density at radius 3 is 2.42 bits per heavy atom. The molecular weight excluding hydrogens is 533 g/mol.